The highest BCUT2D eigenvalue weighted by atomic mass is 16.5. The van der Waals surface area contributed by atoms with Gasteiger partial charge in [0.05, 0.1) is 14.2 Å². The topological polar surface area (TPSA) is 47.5 Å². The van der Waals surface area contributed by atoms with Crippen LogP contribution in [0.5, 0.6) is 11.5 Å². The lowest BCUT2D eigenvalue weighted by Gasteiger charge is -2.29. The summed E-state index contributed by atoms with van der Waals surface area (Å²) in [6, 6.07) is 4.15. The van der Waals surface area contributed by atoms with Crippen LogP contribution < -0.4 is 9.47 Å². The predicted octanol–water partition coefficient (Wildman–Crippen LogP) is 4.41. The largest absolute Gasteiger partial charge is 0.496 e. The van der Waals surface area contributed by atoms with Crippen LogP contribution in [0.25, 0.3) is 0 Å². The van der Waals surface area contributed by atoms with Gasteiger partial charge in [0.25, 0.3) is 0 Å². The van der Waals surface area contributed by atoms with E-state index in [0.29, 0.717) is 5.92 Å². The van der Waals surface area contributed by atoms with Gasteiger partial charge in [0.1, 0.15) is 17.3 Å². The maximum absolute atomic E-state index is 5.68. The van der Waals surface area contributed by atoms with Gasteiger partial charge < -0.3 is 9.47 Å². The van der Waals surface area contributed by atoms with E-state index in [1.165, 1.54) is 48.9 Å². The van der Waals surface area contributed by atoms with E-state index in [0.717, 1.165) is 48.9 Å². The highest BCUT2D eigenvalue weighted by Gasteiger charge is 2.23. The molecule has 5 heteroatoms. The number of fused-ring (bicyclic) bond motifs is 1. The maximum Gasteiger partial charge on any atom is 0.131 e. The zero-order valence-electron chi connectivity index (χ0n) is 17.3. The lowest BCUT2D eigenvalue weighted by atomic mass is 9.88. The van der Waals surface area contributed by atoms with E-state index < -0.39 is 0 Å². The molecule has 2 aliphatic rings. The van der Waals surface area contributed by atoms with E-state index >= 15 is 0 Å². The van der Waals surface area contributed by atoms with Gasteiger partial charge in [0.15, 0.2) is 0 Å². The molecule has 1 aliphatic heterocycles. The first-order valence-electron chi connectivity index (χ1n) is 10.5. The molecule has 0 bridgehead atoms. The van der Waals surface area contributed by atoms with E-state index in [2.05, 4.69) is 17.2 Å². The normalized spacial score (nSPS) is 18.0. The van der Waals surface area contributed by atoms with Gasteiger partial charge in [-0.15, -0.1) is 0 Å². The van der Waals surface area contributed by atoms with Crippen molar-refractivity contribution in [2.75, 3.05) is 20.8 Å². The molecule has 1 saturated carbocycles. The molecule has 0 spiro atoms. The number of aromatic nitrogens is 2. The third-order valence-corrected chi connectivity index (χ3v) is 6.26. The number of hydrogen-bond donors (Lipinski definition) is 0. The molecule has 1 aromatic heterocycles. The van der Waals surface area contributed by atoms with Crippen molar-refractivity contribution in [1.29, 1.82) is 0 Å². The van der Waals surface area contributed by atoms with Crippen LogP contribution in [0, 0.1) is 6.92 Å². The number of methoxy groups -OCH3 is 2. The Balaban J connectivity index is 1.48. The minimum absolute atomic E-state index is 0.573. The SMILES string of the molecule is COc1ccc(CN2CCc3nc(C4CCCCC4)ncc3C2)c(OC)c1C. The summed E-state index contributed by atoms with van der Waals surface area (Å²) in [6.07, 6.45) is 9.59. The van der Waals surface area contributed by atoms with Crippen LogP contribution in [-0.4, -0.2) is 35.6 Å². The first-order chi connectivity index (χ1) is 13.7. The second kappa shape index (κ2) is 8.48. The Morgan fingerprint density at radius 2 is 1.93 bits per heavy atom. The van der Waals surface area contributed by atoms with Crippen molar-refractivity contribution in [2.24, 2.45) is 0 Å². The minimum Gasteiger partial charge on any atom is -0.496 e. The molecule has 28 heavy (non-hydrogen) atoms. The first kappa shape index (κ1) is 19.2. The van der Waals surface area contributed by atoms with Crippen molar-refractivity contribution in [1.82, 2.24) is 14.9 Å². The van der Waals surface area contributed by atoms with Gasteiger partial charge in [-0.1, -0.05) is 25.3 Å². The van der Waals surface area contributed by atoms with Gasteiger partial charge >= 0.3 is 0 Å². The molecule has 5 nitrogen and oxygen atoms in total. The van der Waals surface area contributed by atoms with Crippen molar-refractivity contribution < 1.29 is 9.47 Å². The van der Waals surface area contributed by atoms with Crippen molar-refractivity contribution in [3.63, 3.8) is 0 Å². The van der Waals surface area contributed by atoms with Crippen LogP contribution in [0.15, 0.2) is 18.3 Å². The zero-order chi connectivity index (χ0) is 19.5. The summed E-state index contributed by atoms with van der Waals surface area (Å²) in [7, 11) is 3.43. The fourth-order valence-corrected chi connectivity index (χ4v) is 4.68. The molecule has 0 radical (unpaired) electrons. The molecule has 2 aromatic rings. The van der Waals surface area contributed by atoms with Gasteiger partial charge in [-0.25, -0.2) is 9.97 Å². The Bertz CT molecular complexity index is 831. The van der Waals surface area contributed by atoms with E-state index in [4.69, 9.17) is 19.4 Å². The summed E-state index contributed by atoms with van der Waals surface area (Å²) in [5, 5.41) is 0. The zero-order valence-corrected chi connectivity index (χ0v) is 17.3. The van der Waals surface area contributed by atoms with Crippen LogP contribution >= 0.6 is 0 Å². The molecular formula is C23H31N3O2. The fraction of sp³-hybridized carbons (Fsp3) is 0.565. The maximum atomic E-state index is 5.68. The van der Waals surface area contributed by atoms with E-state index in [9.17, 15) is 0 Å². The van der Waals surface area contributed by atoms with Gasteiger partial charge in [0, 0.05) is 60.6 Å². The molecule has 0 N–H and O–H groups in total. The Morgan fingerprint density at radius 1 is 1.11 bits per heavy atom. The van der Waals surface area contributed by atoms with Crippen LogP contribution in [-0.2, 0) is 19.5 Å². The predicted molar refractivity (Wildman–Crippen MR) is 110 cm³/mol. The summed E-state index contributed by atoms with van der Waals surface area (Å²) in [5.41, 5.74) is 4.78. The number of ether oxygens (including phenoxy) is 2. The number of benzene rings is 1. The van der Waals surface area contributed by atoms with Gasteiger partial charge in [-0.2, -0.15) is 0 Å². The Kier molecular flexibility index (Phi) is 5.81. The lowest BCUT2D eigenvalue weighted by molar-refractivity contribution is 0.238. The van der Waals surface area contributed by atoms with Gasteiger partial charge in [-0.3, -0.25) is 4.90 Å². The Hall–Kier alpha value is -2.14. The Morgan fingerprint density at radius 3 is 2.68 bits per heavy atom. The van der Waals surface area contributed by atoms with Crippen molar-refractivity contribution in [2.45, 2.75) is 64.5 Å². The molecular weight excluding hydrogens is 350 g/mol. The van der Waals surface area contributed by atoms with E-state index in [1.54, 1.807) is 14.2 Å². The van der Waals surface area contributed by atoms with Gasteiger partial charge in [-0.05, 0) is 25.8 Å². The second-order valence-electron chi connectivity index (χ2n) is 8.08. The van der Waals surface area contributed by atoms with Crippen LogP contribution in [0.4, 0.5) is 0 Å². The van der Waals surface area contributed by atoms with Crippen molar-refractivity contribution in [3.8, 4) is 11.5 Å². The standard InChI is InChI=1S/C23H31N3O2/c1-16-21(27-2)10-9-18(22(16)28-3)14-26-12-11-20-19(15-26)13-24-23(25-20)17-7-5-4-6-8-17/h9-10,13,17H,4-8,11-12,14-15H2,1-3H3. The molecule has 150 valence electrons. The van der Waals surface area contributed by atoms with E-state index in [1.807, 2.05) is 13.0 Å². The van der Waals surface area contributed by atoms with E-state index in [-0.39, 0.29) is 0 Å². The molecule has 0 unspecified atom stereocenters. The molecule has 1 aromatic carbocycles. The molecule has 0 amide bonds. The highest BCUT2D eigenvalue weighted by Crippen LogP contribution is 2.34. The second-order valence-corrected chi connectivity index (χ2v) is 8.08. The third kappa shape index (κ3) is 3.86. The van der Waals surface area contributed by atoms with Gasteiger partial charge in [0.2, 0.25) is 0 Å². The summed E-state index contributed by atoms with van der Waals surface area (Å²) >= 11 is 0. The van der Waals surface area contributed by atoms with Crippen LogP contribution in [0.3, 0.4) is 0 Å². The first-order valence-corrected chi connectivity index (χ1v) is 10.5. The number of hydrogen-bond acceptors (Lipinski definition) is 5. The van der Waals surface area contributed by atoms with Crippen molar-refractivity contribution in [3.05, 3.63) is 46.5 Å². The average Bonchev–Trinajstić information content (AvgIpc) is 2.74. The molecule has 1 fully saturated rings. The summed E-state index contributed by atoms with van der Waals surface area (Å²) in [4.78, 5) is 12.2. The molecule has 1 aliphatic carbocycles. The third-order valence-electron chi connectivity index (χ3n) is 6.26. The molecule has 0 saturated heterocycles. The molecule has 2 heterocycles. The smallest absolute Gasteiger partial charge is 0.131 e. The summed E-state index contributed by atoms with van der Waals surface area (Å²) in [6.45, 7) is 4.82. The number of nitrogens with zero attached hydrogens (tertiary/aromatic N) is 3. The average molecular weight is 382 g/mol. The van der Waals surface area contributed by atoms with Crippen LogP contribution in [0.2, 0.25) is 0 Å². The summed E-state index contributed by atoms with van der Waals surface area (Å²) in [5.74, 6) is 3.45. The Labute approximate surface area is 168 Å². The highest BCUT2D eigenvalue weighted by molar-refractivity contribution is 5.49. The molecule has 0 atom stereocenters. The summed E-state index contributed by atoms with van der Waals surface area (Å²) < 4.78 is 11.1. The number of rotatable bonds is 5. The minimum atomic E-state index is 0.573. The van der Waals surface area contributed by atoms with Crippen molar-refractivity contribution >= 4 is 0 Å². The quantitative estimate of drug-likeness (QED) is 0.768. The molecule has 4 rings (SSSR count). The fourth-order valence-electron chi connectivity index (χ4n) is 4.68. The lowest BCUT2D eigenvalue weighted by Crippen LogP contribution is -2.31. The van der Waals surface area contributed by atoms with Crippen LogP contribution in [0.1, 0.15) is 66.2 Å². The monoisotopic (exact) mass is 381 g/mol.